The maximum absolute atomic E-state index is 12.3. The van der Waals surface area contributed by atoms with Gasteiger partial charge in [0.15, 0.2) is 16.6 Å². The van der Waals surface area contributed by atoms with Crippen molar-refractivity contribution in [2.75, 3.05) is 27.9 Å². The highest BCUT2D eigenvalue weighted by Crippen LogP contribution is 2.38. The Hall–Kier alpha value is -3.34. The summed E-state index contributed by atoms with van der Waals surface area (Å²) in [5, 5.41) is 2.07. The van der Waals surface area contributed by atoms with Gasteiger partial charge in [-0.3, -0.25) is 25.8 Å². The van der Waals surface area contributed by atoms with Crippen molar-refractivity contribution in [2.24, 2.45) is 0 Å². The number of nitrogens with one attached hydrogen (secondary N) is 3. The Labute approximate surface area is 167 Å². The van der Waals surface area contributed by atoms with Gasteiger partial charge in [0.1, 0.15) is 0 Å². The lowest BCUT2D eigenvalue weighted by molar-refractivity contribution is -0.137. The minimum Gasteiger partial charge on any atom is -0.493 e. The molecule has 0 aliphatic rings. The lowest BCUT2D eigenvalue weighted by Crippen LogP contribution is -2.48. The van der Waals surface area contributed by atoms with Crippen LogP contribution < -0.4 is 30.4 Å². The summed E-state index contributed by atoms with van der Waals surface area (Å²) in [7, 11) is 4.29. The first-order valence-electron chi connectivity index (χ1n) is 7.92. The summed E-state index contributed by atoms with van der Waals surface area (Å²) < 4.78 is 20.2. The van der Waals surface area contributed by atoms with E-state index in [9.17, 15) is 14.4 Å². The quantitative estimate of drug-likeness (QED) is 0.254. The maximum Gasteiger partial charge on any atom is 0.330 e. The molecule has 3 N–H and O–H groups in total. The number of hydrogen-bond donors (Lipinski definition) is 3. The molecule has 1 aromatic rings. The highest BCUT2D eigenvalue weighted by atomic mass is 32.1. The third-order valence-corrected chi connectivity index (χ3v) is 3.31. The molecule has 0 aliphatic heterocycles. The number of carbonyl (C=O) groups is 3. The summed E-state index contributed by atoms with van der Waals surface area (Å²) in [5.41, 5.74) is 4.87. The average molecular weight is 411 g/mol. The summed E-state index contributed by atoms with van der Waals surface area (Å²) in [6.45, 7) is 1.83. The standard InChI is InChI=1S/C17H21N3O7S/c1-5-27-14(22)7-6-13(21)18-17(28)20-19-16(23)10-8-11(24-2)15(26-4)12(9-10)25-3/h6-9H,5H2,1-4H3,(H,19,23)(H2,18,20,21,28)/b7-6+. The Bertz CT molecular complexity index is 755. The molecule has 2 amide bonds. The van der Waals surface area contributed by atoms with Crippen LogP contribution in [0, 0.1) is 0 Å². The second-order valence-corrected chi connectivity index (χ2v) is 5.31. The number of rotatable bonds is 7. The first-order chi connectivity index (χ1) is 13.4. The molecular formula is C17H21N3O7S. The van der Waals surface area contributed by atoms with Gasteiger partial charge in [-0.05, 0) is 31.3 Å². The number of ether oxygens (including phenoxy) is 4. The molecule has 10 nitrogen and oxygen atoms in total. The predicted molar refractivity (Wildman–Crippen MR) is 103 cm³/mol. The van der Waals surface area contributed by atoms with Crippen LogP contribution in [0.2, 0.25) is 0 Å². The fraction of sp³-hybridized carbons (Fsp3) is 0.294. The summed E-state index contributed by atoms with van der Waals surface area (Å²) in [4.78, 5) is 35.0. The number of benzene rings is 1. The normalized spacial score (nSPS) is 10.0. The molecule has 0 atom stereocenters. The first-order valence-corrected chi connectivity index (χ1v) is 8.33. The molecule has 0 bridgehead atoms. The van der Waals surface area contributed by atoms with Crippen LogP contribution in [-0.2, 0) is 14.3 Å². The second kappa shape index (κ2) is 11.4. The van der Waals surface area contributed by atoms with Crippen molar-refractivity contribution in [1.29, 1.82) is 0 Å². The van der Waals surface area contributed by atoms with E-state index in [4.69, 9.17) is 26.4 Å². The van der Waals surface area contributed by atoms with Crippen molar-refractivity contribution >= 4 is 35.1 Å². The number of hydrogen-bond acceptors (Lipinski definition) is 8. The van der Waals surface area contributed by atoms with Gasteiger partial charge in [0.05, 0.1) is 27.9 Å². The van der Waals surface area contributed by atoms with E-state index in [-0.39, 0.29) is 17.3 Å². The molecule has 11 heteroatoms. The Balaban J connectivity index is 2.68. The van der Waals surface area contributed by atoms with E-state index in [0.717, 1.165) is 12.2 Å². The zero-order valence-electron chi connectivity index (χ0n) is 15.8. The average Bonchev–Trinajstić information content (AvgIpc) is 2.69. The number of esters is 1. The molecule has 1 aromatic carbocycles. The molecule has 0 unspecified atom stereocenters. The molecule has 28 heavy (non-hydrogen) atoms. The number of hydrazine groups is 1. The monoisotopic (exact) mass is 411 g/mol. The van der Waals surface area contributed by atoms with E-state index >= 15 is 0 Å². The van der Waals surface area contributed by atoms with E-state index < -0.39 is 17.8 Å². The molecule has 0 aliphatic carbocycles. The van der Waals surface area contributed by atoms with Crippen LogP contribution in [0.15, 0.2) is 24.3 Å². The van der Waals surface area contributed by atoms with Crippen LogP contribution in [-0.4, -0.2) is 50.8 Å². The first kappa shape index (κ1) is 22.7. The van der Waals surface area contributed by atoms with Crippen LogP contribution in [0.4, 0.5) is 0 Å². The van der Waals surface area contributed by atoms with Gasteiger partial charge >= 0.3 is 5.97 Å². The molecule has 0 fully saturated rings. The van der Waals surface area contributed by atoms with Gasteiger partial charge in [-0.15, -0.1) is 0 Å². The molecule has 0 heterocycles. The number of carbonyl (C=O) groups excluding carboxylic acids is 3. The Kier molecular flexibility index (Phi) is 9.23. The van der Waals surface area contributed by atoms with Gasteiger partial charge in [0, 0.05) is 17.7 Å². The molecule has 152 valence electrons. The molecule has 0 saturated heterocycles. The van der Waals surface area contributed by atoms with Gasteiger partial charge in [-0.2, -0.15) is 0 Å². The zero-order chi connectivity index (χ0) is 21.1. The summed E-state index contributed by atoms with van der Waals surface area (Å²) in [5.74, 6) is -0.970. The highest BCUT2D eigenvalue weighted by Gasteiger charge is 2.17. The minimum atomic E-state index is -0.674. The molecule has 1 rings (SSSR count). The SMILES string of the molecule is CCOC(=O)/C=C/C(=O)NC(=S)NNC(=O)c1cc(OC)c(OC)c(OC)c1. The van der Waals surface area contributed by atoms with Gasteiger partial charge in [-0.1, -0.05) is 0 Å². The van der Waals surface area contributed by atoms with E-state index in [1.807, 2.05) is 0 Å². The number of thiocarbonyl (C=S) groups is 1. The van der Waals surface area contributed by atoms with E-state index in [0.29, 0.717) is 17.2 Å². The van der Waals surface area contributed by atoms with E-state index in [2.05, 4.69) is 20.9 Å². The lowest BCUT2D eigenvalue weighted by Gasteiger charge is -2.14. The molecule has 0 radical (unpaired) electrons. The van der Waals surface area contributed by atoms with E-state index in [1.54, 1.807) is 6.92 Å². The highest BCUT2D eigenvalue weighted by molar-refractivity contribution is 7.80. The fourth-order valence-corrected chi connectivity index (χ4v) is 2.07. The maximum atomic E-state index is 12.3. The fourth-order valence-electron chi connectivity index (χ4n) is 1.92. The molecule has 0 saturated carbocycles. The largest absolute Gasteiger partial charge is 0.493 e. The van der Waals surface area contributed by atoms with Gasteiger partial charge in [-0.25, -0.2) is 4.79 Å². The van der Waals surface area contributed by atoms with Crippen molar-refractivity contribution in [2.45, 2.75) is 6.92 Å². The van der Waals surface area contributed by atoms with Crippen LogP contribution in [0.5, 0.6) is 17.2 Å². The third-order valence-electron chi connectivity index (χ3n) is 3.11. The zero-order valence-corrected chi connectivity index (χ0v) is 16.6. The molecular weight excluding hydrogens is 390 g/mol. The minimum absolute atomic E-state index is 0.181. The number of amides is 2. The summed E-state index contributed by atoms with van der Waals surface area (Å²) in [6, 6.07) is 2.89. The summed E-state index contributed by atoms with van der Waals surface area (Å²) in [6.07, 6.45) is 1.91. The van der Waals surface area contributed by atoms with Crippen molar-refractivity contribution in [3.05, 3.63) is 29.8 Å². The topological polar surface area (TPSA) is 124 Å². The van der Waals surface area contributed by atoms with Crippen molar-refractivity contribution < 1.29 is 33.3 Å². The molecule has 0 spiro atoms. The van der Waals surface area contributed by atoms with Gasteiger partial charge in [0.25, 0.3) is 5.91 Å². The van der Waals surface area contributed by atoms with Gasteiger partial charge < -0.3 is 18.9 Å². The smallest absolute Gasteiger partial charge is 0.330 e. The lowest BCUT2D eigenvalue weighted by atomic mass is 10.1. The van der Waals surface area contributed by atoms with Gasteiger partial charge in [0.2, 0.25) is 11.7 Å². The Morgan fingerprint density at radius 2 is 1.61 bits per heavy atom. The number of methoxy groups -OCH3 is 3. The van der Waals surface area contributed by atoms with Crippen molar-refractivity contribution in [3.8, 4) is 17.2 Å². The second-order valence-electron chi connectivity index (χ2n) is 4.90. The van der Waals surface area contributed by atoms with Crippen LogP contribution >= 0.6 is 12.2 Å². The van der Waals surface area contributed by atoms with E-state index in [1.165, 1.54) is 33.5 Å². The predicted octanol–water partition coefficient (Wildman–Crippen LogP) is 0.467. The Morgan fingerprint density at radius 3 is 2.11 bits per heavy atom. The van der Waals surface area contributed by atoms with Crippen molar-refractivity contribution in [1.82, 2.24) is 16.2 Å². The van der Waals surface area contributed by atoms with Crippen molar-refractivity contribution in [3.63, 3.8) is 0 Å². The van der Waals surface area contributed by atoms with Crippen LogP contribution in [0.1, 0.15) is 17.3 Å². The van der Waals surface area contributed by atoms with Crippen LogP contribution in [0.25, 0.3) is 0 Å². The van der Waals surface area contributed by atoms with Crippen LogP contribution in [0.3, 0.4) is 0 Å². The molecule has 0 aromatic heterocycles. The third kappa shape index (κ3) is 6.76. The Morgan fingerprint density at radius 1 is 1.00 bits per heavy atom. The summed E-state index contributed by atoms with van der Waals surface area (Å²) >= 11 is 4.89.